The lowest BCUT2D eigenvalue weighted by Crippen LogP contribution is -2.31. The van der Waals surface area contributed by atoms with Crippen molar-refractivity contribution >= 4 is 11.9 Å². The van der Waals surface area contributed by atoms with E-state index in [4.69, 9.17) is 4.74 Å². The van der Waals surface area contributed by atoms with Crippen LogP contribution < -0.4 is 5.32 Å². The summed E-state index contributed by atoms with van der Waals surface area (Å²) in [5.41, 5.74) is 0. The van der Waals surface area contributed by atoms with E-state index >= 15 is 0 Å². The molecule has 2 unspecified atom stereocenters. The first kappa shape index (κ1) is 13.4. The van der Waals surface area contributed by atoms with Gasteiger partial charge in [-0.25, -0.2) is 0 Å². The zero-order valence-corrected chi connectivity index (χ0v) is 9.38. The van der Waals surface area contributed by atoms with Gasteiger partial charge >= 0.3 is 5.97 Å². The number of methoxy groups -OCH3 is 1. The van der Waals surface area contributed by atoms with Crippen molar-refractivity contribution < 1.29 is 24.0 Å². The molecule has 8 heteroatoms. The fraction of sp³-hybridized carbons (Fsp3) is 0.778. The largest absolute Gasteiger partial charge is 0.455 e. The molecule has 0 aromatic heterocycles. The fourth-order valence-corrected chi connectivity index (χ4v) is 1.26. The number of amides is 1. The van der Waals surface area contributed by atoms with E-state index < -0.39 is 35.4 Å². The van der Waals surface area contributed by atoms with Gasteiger partial charge in [0.1, 0.15) is 5.92 Å². The van der Waals surface area contributed by atoms with E-state index in [-0.39, 0.29) is 6.42 Å². The lowest BCUT2D eigenvalue weighted by atomic mass is 10.4. The first-order valence-corrected chi connectivity index (χ1v) is 5.12. The molecule has 0 aromatic rings. The van der Waals surface area contributed by atoms with Crippen LogP contribution in [-0.2, 0) is 19.1 Å². The summed E-state index contributed by atoms with van der Waals surface area (Å²) >= 11 is 0. The Morgan fingerprint density at radius 2 is 2.24 bits per heavy atom. The Bertz CT molecular complexity index is 319. The molecule has 1 N–H and O–H groups in total. The Morgan fingerprint density at radius 1 is 1.53 bits per heavy atom. The minimum Gasteiger partial charge on any atom is -0.455 e. The first-order chi connectivity index (χ1) is 8.06. The van der Waals surface area contributed by atoms with E-state index in [1.807, 2.05) is 0 Å². The van der Waals surface area contributed by atoms with E-state index in [1.165, 1.54) is 7.11 Å². The number of hydrogen-bond acceptors (Lipinski definition) is 6. The molecule has 2 atom stereocenters. The van der Waals surface area contributed by atoms with Crippen molar-refractivity contribution in [2.75, 3.05) is 26.9 Å². The van der Waals surface area contributed by atoms with E-state index in [9.17, 15) is 19.7 Å². The van der Waals surface area contributed by atoms with Crippen molar-refractivity contribution in [1.29, 1.82) is 0 Å². The van der Waals surface area contributed by atoms with E-state index in [2.05, 4.69) is 10.1 Å². The number of rotatable bonds is 7. The predicted molar refractivity (Wildman–Crippen MR) is 54.7 cm³/mol. The number of ether oxygens (including phenoxy) is 2. The molecule has 17 heavy (non-hydrogen) atoms. The van der Waals surface area contributed by atoms with Crippen LogP contribution in [0.5, 0.6) is 0 Å². The van der Waals surface area contributed by atoms with Gasteiger partial charge in [-0.2, -0.15) is 0 Å². The molecule has 8 nitrogen and oxygen atoms in total. The van der Waals surface area contributed by atoms with Gasteiger partial charge in [0.05, 0.1) is 6.61 Å². The highest BCUT2D eigenvalue weighted by Crippen LogP contribution is 2.33. The van der Waals surface area contributed by atoms with E-state index in [0.29, 0.717) is 13.2 Å². The highest BCUT2D eigenvalue weighted by atomic mass is 16.6. The number of carbonyl (C=O) groups is 2. The number of carbonyl (C=O) groups excluding carboxylic acids is 2. The second-order valence-corrected chi connectivity index (χ2v) is 3.65. The van der Waals surface area contributed by atoms with Gasteiger partial charge in [0.2, 0.25) is 6.04 Å². The Balaban J connectivity index is 2.12. The van der Waals surface area contributed by atoms with E-state index in [1.54, 1.807) is 0 Å². The van der Waals surface area contributed by atoms with E-state index in [0.717, 1.165) is 0 Å². The van der Waals surface area contributed by atoms with Crippen LogP contribution >= 0.6 is 0 Å². The predicted octanol–water partition coefficient (Wildman–Crippen LogP) is -1.04. The number of nitrogens with zero attached hydrogens (tertiary/aromatic N) is 1. The molecule has 0 spiro atoms. The molecule has 1 fully saturated rings. The molecule has 96 valence electrons. The molecule has 1 aliphatic carbocycles. The zero-order valence-electron chi connectivity index (χ0n) is 9.38. The number of esters is 1. The van der Waals surface area contributed by atoms with Crippen molar-refractivity contribution in [3.05, 3.63) is 10.1 Å². The molecule has 0 saturated heterocycles. The summed E-state index contributed by atoms with van der Waals surface area (Å²) in [5, 5.41) is 12.8. The van der Waals surface area contributed by atoms with Gasteiger partial charge in [0.15, 0.2) is 6.61 Å². The topological polar surface area (TPSA) is 108 Å². The third-order valence-corrected chi connectivity index (χ3v) is 2.30. The highest BCUT2D eigenvalue weighted by Gasteiger charge is 2.54. The minimum absolute atomic E-state index is 0.192. The monoisotopic (exact) mass is 246 g/mol. The average Bonchev–Trinajstić information content (AvgIpc) is 3.06. The van der Waals surface area contributed by atoms with Crippen LogP contribution in [0.2, 0.25) is 0 Å². The van der Waals surface area contributed by atoms with Gasteiger partial charge in [-0.3, -0.25) is 19.7 Å². The summed E-state index contributed by atoms with van der Waals surface area (Å²) < 4.78 is 9.35. The average molecular weight is 246 g/mol. The lowest BCUT2D eigenvalue weighted by Gasteiger charge is -2.05. The first-order valence-electron chi connectivity index (χ1n) is 5.12. The van der Waals surface area contributed by atoms with Crippen molar-refractivity contribution in [2.45, 2.75) is 12.5 Å². The molecule has 1 amide bonds. The van der Waals surface area contributed by atoms with Crippen LogP contribution in [0.3, 0.4) is 0 Å². The standard InChI is InChI=1S/C9H14N2O6/c1-16-3-2-10-8(12)5-17-9(13)6-4-7(6)11(14)15/h6-7H,2-5H2,1H3,(H,10,12). The van der Waals surface area contributed by atoms with Crippen LogP contribution in [0.4, 0.5) is 0 Å². The van der Waals surface area contributed by atoms with Gasteiger partial charge in [0, 0.05) is 25.0 Å². The summed E-state index contributed by atoms with van der Waals surface area (Å²) in [6.45, 7) is 0.281. The SMILES string of the molecule is COCCNC(=O)COC(=O)C1CC1[N+](=O)[O-]. The van der Waals surface area contributed by atoms with Gasteiger partial charge in [-0.1, -0.05) is 0 Å². The Labute approximate surface area is 97.4 Å². The molecular weight excluding hydrogens is 232 g/mol. The van der Waals surface area contributed by atoms with Gasteiger partial charge in [0.25, 0.3) is 5.91 Å². The summed E-state index contributed by atoms with van der Waals surface area (Å²) in [6, 6.07) is -0.848. The number of nitrogens with one attached hydrogen (secondary N) is 1. The molecule has 0 heterocycles. The zero-order chi connectivity index (χ0) is 12.8. The summed E-state index contributed by atoms with van der Waals surface area (Å²) in [4.78, 5) is 32.1. The number of nitro groups is 1. The Morgan fingerprint density at radius 3 is 2.76 bits per heavy atom. The van der Waals surface area contributed by atoms with Crippen molar-refractivity contribution in [2.24, 2.45) is 5.92 Å². The summed E-state index contributed by atoms with van der Waals surface area (Å²) in [6.07, 6.45) is 0.192. The minimum atomic E-state index is -0.848. The summed E-state index contributed by atoms with van der Waals surface area (Å²) in [5.74, 6) is -1.83. The highest BCUT2D eigenvalue weighted by molar-refractivity contribution is 5.82. The number of hydrogen-bond donors (Lipinski definition) is 1. The Kier molecular flexibility index (Phi) is 4.83. The van der Waals surface area contributed by atoms with Crippen LogP contribution in [0.15, 0.2) is 0 Å². The smallest absolute Gasteiger partial charge is 0.316 e. The summed E-state index contributed by atoms with van der Waals surface area (Å²) in [7, 11) is 1.50. The molecule has 0 radical (unpaired) electrons. The van der Waals surface area contributed by atoms with Gasteiger partial charge < -0.3 is 14.8 Å². The van der Waals surface area contributed by atoms with Crippen molar-refractivity contribution in [3.8, 4) is 0 Å². The third kappa shape index (κ3) is 4.35. The van der Waals surface area contributed by atoms with Crippen LogP contribution in [-0.4, -0.2) is 49.7 Å². The second kappa shape index (κ2) is 6.14. The maximum atomic E-state index is 11.2. The molecular formula is C9H14N2O6. The van der Waals surface area contributed by atoms with Crippen LogP contribution in [0.1, 0.15) is 6.42 Å². The maximum absolute atomic E-state index is 11.2. The molecule has 1 aliphatic rings. The quantitative estimate of drug-likeness (QED) is 0.266. The van der Waals surface area contributed by atoms with Crippen LogP contribution in [0, 0.1) is 16.0 Å². The maximum Gasteiger partial charge on any atom is 0.316 e. The molecule has 0 bridgehead atoms. The van der Waals surface area contributed by atoms with Crippen LogP contribution in [0.25, 0.3) is 0 Å². The fourth-order valence-electron chi connectivity index (χ4n) is 1.26. The molecule has 1 rings (SSSR count). The molecule has 1 saturated carbocycles. The normalized spacial score (nSPS) is 21.7. The third-order valence-electron chi connectivity index (χ3n) is 2.30. The second-order valence-electron chi connectivity index (χ2n) is 3.65. The lowest BCUT2D eigenvalue weighted by molar-refractivity contribution is -0.497. The van der Waals surface area contributed by atoms with Gasteiger partial charge in [-0.15, -0.1) is 0 Å². The van der Waals surface area contributed by atoms with Crippen molar-refractivity contribution in [1.82, 2.24) is 5.32 Å². The van der Waals surface area contributed by atoms with Crippen molar-refractivity contribution in [3.63, 3.8) is 0 Å². The molecule has 0 aromatic carbocycles. The van der Waals surface area contributed by atoms with Gasteiger partial charge in [-0.05, 0) is 0 Å². The Hall–Kier alpha value is -1.70. The molecule has 0 aliphatic heterocycles.